The minimum atomic E-state index is -0.0961. The normalized spacial score (nSPS) is 14.6. The second-order valence-electron chi connectivity index (χ2n) is 3.95. The molecule has 0 unspecified atom stereocenters. The van der Waals surface area contributed by atoms with Gasteiger partial charge in [0.1, 0.15) is 6.61 Å². The van der Waals surface area contributed by atoms with Gasteiger partial charge in [0.2, 0.25) is 5.91 Å². The third-order valence-electron chi connectivity index (χ3n) is 2.61. The summed E-state index contributed by atoms with van der Waals surface area (Å²) >= 11 is 0. The van der Waals surface area contributed by atoms with Crippen LogP contribution in [0.2, 0.25) is 0 Å². The van der Waals surface area contributed by atoms with E-state index in [1.165, 1.54) is 0 Å². The number of amides is 1. The van der Waals surface area contributed by atoms with Crippen LogP contribution in [-0.4, -0.2) is 31.7 Å². The van der Waals surface area contributed by atoms with Gasteiger partial charge in [0, 0.05) is 18.8 Å². The maximum Gasteiger partial charge on any atom is 0.250 e. The molecular formula is C12H17ClN2O2. The number of nitrogens with one attached hydrogen (secondary N) is 2. The van der Waals surface area contributed by atoms with E-state index in [4.69, 9.17) is 4.74 Å². The van der Waals surface area contributed by atoms with Crippen LogP contribution in [0.3, 0.4) is 0 Å². The summed E-state index contributed by atoms with van der Waals surface area (Å²) < 4.78 is 5.38. The van der Waals surface area contributed by atoms with Crippen molar-refractivity contribution in [3.8, 4) is 0 Å². The Balaban J connectivity index is 0.00000144. The molecule has 1 aromatic rings. The van der Waals surface area contributed by atoms with Crippen molar-refractivity contribution in [2.45, 2.75) is 13.0 Å². The van der Waals surface area contributed by atoms with Crippen LogP contribution in [-0.2, 0) is 9.53 Å². The van der Waals surface area contributed by atoms with Gasteiger partial charge < -0.3 is 15.4 Å². The SMILES string of the molecule is Cc1ccccc1NC(=O)COC1CNC1.Cl. The van der Waals surface area contributed by atoms with Crippen molar-refractivity contribution in [2.75, 3.05) is 25.0 Å². The molecule has 0 aliphatic carbocycles. The maximum absolute atomic E-state index is 11.6. The highest BCUT2D eigenvalue weighted by Crippen LogP contribution is 2.12. The molecule has 1 aromatic carbocycles. The van der Waals surface area contributed by atoms with Gasteiger partial charge in [0.05, 0.1) is 6.10 Å². The molecule has 17 heavy (non-hydrogen) atoms. The lowest BCUT2D eigenvalue weighted by Gasteiger charge is -2.26. The van der Waals surface area contributed by atoms with E-state index < -0.39 is 0 Å². The highest BCUT2D eigenvalue weighted by molar-refractivity contribution is 5.92. The lowest BCUT2D eigenvalue weighted by molar-refractivity contribution is -0.123. The van der Waals surface area contributed by atoms with Crippen LogP contribution >= 0.6 is 12.4 Å². The fraction of sp³-hybridized carbons (Fsp3) is 0.417. The summed E-state index contributed by atoms with van der Waals surface area (Å²) in [6.45, 7) is 3.78. The van der Waals surface area contributed by atoms with E-state index in [2.05, 4.69) is 10.6 Å². The number of carbonyl (C=O) groups excluding carboxylic acids is 1. The Labute approximate surface area is 107 Å². The molecule has 0 saturated carbocycles. The van der Waals surface area contributed by atoms with Crippen molar-refractivity contribution in [1.29, 1.82) is 0 Å². The number of hydrogen-bond acceptors (Lipinski definition) is 3. The molecule has 1 saturated heterocycles. The number of anilines is 1. The van der Waals surface area contributed by atoms with Gasteiger partial charge in [-0.3, -0.25) is 4.79 Å². The molecule has 4 nitrogen and oxygen atoms in total. The van der Waals surface area contributed by atoms with E-state index in [0.717, 1.165) is 24.3 Å². The molecule has 0 spiro atoms. The molecule has 1 amide bonds. The van der Waals surface area contributed by atoms with Crippen LogP contribution < -0.4 is 10.6 Å². The zero-order valence-electron chi connectivity index (χ0n) is 9.73. The first-order valence-corrected chi connectivity index (χ1v) is 5.43. The summed E-state index contributed by atoms with van der Waals surface area (Å²) in [6, 6.07) is 7.70. The van der Waals surface area contributed by atoms with Crippen molar-refractivity contribution >= 4 is 24.0 Å². The molecule has 2 rings (SSSR count). The number of para-hydroxylation sites is 1. The Morgan fingerprint density at radius 1 is 1.47 bits per heavy atom. The van der Waals surface area contributed by atoms with Crippen molar-refractivity contribution in [3.63, 3.8) is 0 Å². The lowest BCUT2D eigenvalue weighted by atomic mass is 10.2. The quantitative estimate of drug-likeness (QED) is 0.855. The molecular weight excluding hydrogens is 240 g/mol. The average Bonchev–Trinajstić information content (AvgIpc) is 2.19. The monoisotopic (exact) mass is 256 g/mol. The van der Waals surface area contributed by atoms with Crippen molar-refractivity contribution in [1.82, 2.24) is 5.32 Å². The van der Waals surface area contributed by atoms with Gasteiger partial charge in [0.15, 0.2) is 0 Å². The minimum Gasteiger partial charge on any atom is -0.366 e. The zero-order valence-corrected chi connectivity index (χ0v) is 10.5. The van der Waals surface area contributed by atoms with Crippen LogP contribution in [0, 0.1) is 6.92 Å². The smallest absolute Gasteiger partial charge is 0.250 e. The predicted molar refractivity (Wildman–Crippen MR) is 69.7 cm³/mol. The number of ether oxygens (including phenoxy) is 1. The molecule has 1 aliphatic heterocycles. The summed E-state index contributed by atoms with van der Waals surface area (Å²) in [5.41, 5.74) is 1.91. The van der Waals surface area contributed by atoms with Crippen molar-refractivity contribution < 1.29 is 9.53 Å². The number of aryl methyl sites for hydroxylation is 1. The van der Waals surface area contributed by atoms with E-state index in [-0.39, 0.29) is 31.0 Å². The first-order valence-electron chi connectivity index (χ1n) is 5.43. The molecule has 1 aliphatic rings. The first-order chi connectivity index (χ1) is 7.75. The van der Waals surface area contributed by atoms with Gasteiger partial charge in [-0.1, -0.05) is 18.2 Å². The van der Waals surface area contributed by atoms with E-state index in [1.807, 2.05) is 31.2 Å². The summed E-state index contributed by atoms with van der Waals surface area (Å²) in [4.78, 5) is 11.6. The number of rotatable bonds is 4. The highest BCUT2D eigenvalue weighted by atomic mass is 35.5. The second-order valence-corrected chi connectivity index (χ2v) is 3.95. The Kier molecular flexibility index (Phi) is 5.41. The van der Waals surface area contributed by atoms with E-state index in [0.29, 0.717) is 0 Å². The van der Waals surface area contributed by atoms with Gasteiger partial charge in [0.25, 0.3) is 0 Å². The molecule has 2 N–H and O–H groups in total. The van der Waals surface area contributed by atoms with Crippen LogP contribution in [0.1, 0.15) is 5.56 Å². The Bertz CT molecular complexity index is 381. The molecule has 1 fully saturated rings. The number of hydrogen-bond donors (Lipinski definition) is 2. The van der Waals surface area contributed by atoms with Crippen LogP contribution in [0.4, 0.5) is 5.69 Å². The molecule has 0 aromatic heterocycles. The van der Waals surface area contributed by atoms with Crippen molar-refractivity contribution in [3.05, 3.63) is 29.8 Å². The number of carbonyl (C=O) groups is 1. The van der Waals surface area contributed by atoms with E-state index in [9.17, 15) is 4.79 Å². The first kappa shape index (κ1) is 14.0. The standard InChI is InChI=1S/C12H16N2O2.ClH/c1-9-4-2-3-5-11(9)14-12(15)8-16-10-6-13-7-10;/h2-5,10,13H,6-8H2,1H3,(H,14,15);1H. The summed E-state index contributed by atoms with van der Waals surface area (Å²) in [7, 11) is 0. The Morgan fingerprint density at radius 2 is 2.18 bits per heavy atom. The Hall–Kier alpha value is -1.10. The van der Waals surface area contributed by atoms with Crippen LogP contribution in [0.5, 0.6) is 0 Å². The maximum atomic E-state index is 11.6. The van der Waals surface area contributed by atoms with Gasteiger partial charge in [-0.2, -0.15) is 0 Å². The fourth-order valence-corrected chi connectivity index (χ4v) is 1.47. The lowest BCUT2D eigenvalue weighted by Crippen LogP contribution is -2.49. The number of benzene rings is 1. The van der Waals surface area contributed by atoms with E-state index >= 15 is 0 Å². The summed E-state index contributed by atoms with van der Waals surface area (Å²) in [6.07, 6.45) is 0.197. The molecule has 0 bridgehead atoms. The molecule has 0 radical (unpaired) electrons. The largest absolute Gasteiger partial charge is 0.366 e. The molecule has 1 heterocycles. The molecule has 94 valence electrons. The van der Waals surface area contributed by atoms with Crippen molar-refractivity contribution in [2.24, 2.45) is 0 Å². The third kappa shape index (κ3) is 4.00. The third-order valence-corrected chi connectivity index (χ3v) is 2.61. The summed E-state index contributed by atoms with van der Waals surface area (Å²) in [5.74, 6) is -0.0961. The zero-order chi connectivity index (χ0) is 11.4. The average molecular weight is 257 g/mol. The fourth-order valence-electron chi connectivity index (χ4n) is 1.47. The van der Waals surface area contributed by atoms with Crippen LogP contribution in [0.15, 0.2) is 24.3 Å². The second kappa shape index (κ2) is 6.59. The topological polar surface area (TPSA) is 50.4 Å². The molecule has 5 heteroatoms. The highest BCUT2D eigenvalue weighted by Gasteiger charge is 2.18. The molecule has 0 atom stereocenters. The minimum absolute atomic E-state index is 0. The van der Waals surface area contributed by atoms with Gasteiger partial charge in [-0.25, -0.2) is 0 Å². The van der Waals surface area contributed by atoms with Crippen LogP contribution in [0.25, 0.3) is 0 Å². The van der Waals surface area contributed by atoms with Gasteiger partial charge >= 0.3 is 0 Å². The van der Waals surface area contributed by atoms with Gasteiger partial charge in [-0.05, 0) is 18.6 Å². The summed E-state index contributed by atoms with van der Waals surface area (Å²) in [5, 5.41) is 5.92. The predicted octanol–water partition coefficient (Wildman–Crippen LogP) is 1.34. The van der Waals surface area contributed by atoms with Gasteiger partial charge in [-0.15, -0.1) is 12.4 Å². The number of halogens is 1. The Morgan fingerprint density at radius 3 is 2.76 bits per heavy atom. The van der Waals surface area contributed by atoms with E-state index in [1.54, 1.807) is 0 Å².